The van der Waals surface area contributed by atoms with Crippen molar-refractivity contribution in [3.63, 3.8) is 0 Å². The predicted octanol–water partition coefficient (Wildman–Crippen LogP) is 3.17. The van der Waals surface area contributed by atoms with Gasteiger partial charge >= 0.3 is 0 Å². The van der Waals surface area contributed by atoms with Crippen molar-refractivity contribution in [1.82, 2.24) is 15.1 Å². The number of hydrogen-bond acceptors (Lipinski definition) is 2. The highest BCUT2D eigenvalue weighted by atomic mass is 79.9. The molecule has 4 heteroatoms. The maximum Gasteiger partial charge on any atom is 0.0766 e. The SMILES string of the molecule is CCc1nn(C)c(CC(NC)C2C3C4CCC(C4)C32)c1Br. The fourth-order valence-electron chi connectivity index (χ4n) is 5.61. The number of rotatable bonds is 5. The van der Waals surface area contributed by atoms with Gasteiger partial charge in [-0.1, -0.05) is 6.92 Å². The molecule has 0 aromatic carbocycles. The molecule has 1 N–H and O–H groups in total. The highest BCUT2D eigenvalue weighted by Crippen LogP contribution is 2.70. The molecule has 5 atom stereocenters. The third-order valence-corrected chi connectivity index (χ3v) is 7.46. The Hall–Kier alpha value is -0.350. The Bertz CT molecular complexity index is 536. The first kappa shape index (κ1) is 14.3. The Balaban J connectivity index is 1.52. The van der Waals surface area contributed by atoms with E-state index in [2.05, 4.69) is 52.0 Å². The van der Waals surface area contributed by atoms with Crippen molar-refractivity contribution in [2.24, 2.45) is 36.6 Å². The molecule has 21 heavy (non-hydrogen) atoms. The van der Waals surface area contributed by atoms with Crippen LogP contribution in [0, 0.1) is 29.6 Å². The van der Waals surface area contributed by atoms with Crippen molar-refractivity contribution in [3.8, 4) is 0 Å². The first-order chi connectivity index (χ1) is 10.2. The van der Waals surface area contributed by atoms with Crippen molar-refractivity contribution in [3.05, 3.63) is 15.9 Å². The molecule has 0 spiro atoms. The minimum absolute atomic E-state index is 0.625. The lowest BCUT2D eigenvalue weighted by molar-refractivity contribution is 0.372. The van der Waals surface area contributed by atoms with Crippen molar-refractivity contribution in [2.75, 3.05) is 7.05 Å². The molecular formula is C17H26BrN3. The van der Waals surface area contributed by atoms with Crippen LogP contribution in [0.4, 0.5) is 0 Å². The van der Waals surface area contributed by atoms with Crippen LogP contribution in [0.1, 0.15) is 37.6 Å². The highest BCUT2D eigenvalue weighted by Gasteiger charge is 2.66. The molecule has 0 radical (unpaired) electrons. The molecule has 3 aliphatic rings. The standard InChI is InChI=1S/C17H26BrN3/c1-4-11-17(18)13(21(3)20-11)8-12(19-2)16-14-9-5-6-10(7-9)15(14)16/h9-10,12,14-16,19H,4-8H2,1-3H3. The summed E-state index contributed by atoms with van der Waals surface area (Å²) in [5.74, 6) is 5.12. The summed E-state index contributed by atoms with van der Waals surface area (Å²) < 4.78 is 3.32. The maximum atomic E-state index is 4.65. The van der Waals surface area contributed by atoms with Gasteiger partial charge in [0.2, 0.25) is 0 Å². The molecule has 1 aromatic heterocycles. The van der Waals surface area contributed by atoms with Crippen LogP contribution in [0.15, 0.2) is 4.47 Å². The Morgan fingerprint density at radius 2 is 2.00 bits per heavy atom. The minimum atomic E-state index is 0.625. The minimum Gasteiger partial charge on any atom is -0.316 e. The van der Waals surface area contributed by atoms with E-state index in [-0.39, 0.29) is 0 Å². The highest BCUT2D eigenvalue weighted by molar-refractivity contribution is 9.10. The van der Waals surface area contributed by atoms with Gasteiger partial charge in [0.25, 0.3) is 0 Å². The molecule has 0 aliphatic heterocycles. The van der Waals surface area contributed by atoms with Gasteiger partial charge in [0, 0.05) is 19.5 Å². The van der Waals surface area contributed by atoms with Gasteiger partial charge < -0.3 is 5.32 Å². The quantitative estimate of drug-likeness (QED) is 0.882. The van der Waals surface area contributed by atoms with Crippen molar-refractivity contribution in [2.45, 2.75) is 45.1 Å². The lowest BCUT2D eigenvalue weighted by Crippen LogP contribution is -2.33. The molecule has 0 amide bonds. The Morgan fingerprint density at radius 1 is 1.33 bits per heavy atom. The van der Waals surface area contributed by atoms with Crippen molar-refractivity contribution in [1.29, 1.82) is 0 Å². The van der Waals surface area contributed by atoms with Gasteiger partial charge in [-0.05, 0) is 78.3 Å². The molecule has 3 saturated carbocycles. The van der Waals surface area contributed by atoms with E-state index in [1.807, 2.05) is 0 Å². The second-order valence-corrected chi connectivity index (χ2v) is 8.14. The van der Waals surface area contributed by atoms with E-state index >= 15 is 0 Å². The number of halogens is 1. The fourth-order valence-corrected chi connectivity index (χ4v) is 6.39. The largest absolute Gasteiger partial charge is 0.316 e. The van der Waals surface area contributed by atoms with E-state index in [1.165, 1.54) is 35.1 Å². The summed E-state index contributed by atoms with van der Waals surface area (Å²) in [4.78, 5) is 0. The van der Waals surface area contributed by atoms with Crippen molar-refractivity contribution >= 4 is 15.9 Å². The number of nitrogens with zero attached hydrogens (tertiary/aromatic N) is 2. The number of hydrogen-bond donors (Lipinski definition) is 1. The Labute approximate surface area is 136 Å². The molecule has 116 valence electrons. The van der Waals surface area contributed by atoms with Gasteiger partial charge in [-0.15, -0.1) is 0 Å². The summed E-state index contributed by atoms with van der Waals surface area (Å²) in [5.41, 5.74) is 2.56. The first-order valence-electron chi connectivity index (χ1n) is 8.53. The molecule has 3 nitrogen and oxygen atoms in total. The number of likely N-dealkylation sites (N-methyl/N-ethyl adjacent to an activating group) is 1. The van der Waals surface area contributed by atoms with Crippen LogP contribution < -0.4 is 5.32 Å². The van der Waals surface area contributed by atoms with Crippen LogP contribution in [-0.4, -0.2) is 22.9 Å². The van der Waals surface area contributed by atoms with Crippen LogP contribution in [0.5, 0.6) is 0 Å². The third-order valence-electron chi connectivity index (χ3n) is 6.55. The maximum absolute atomic E-state index is 4.65. The number of nitrogens with one attached hydrogen (secondary N) is 1. The van der Waals surface area contributed by atoms with Crippen molar-refractivity contribution < 1.29 is 0 Å². The molecule has 4 rings (SSSR count). The van der Waals surface area contributed by atoms with Crippen LogP contribution in [-0.2, 0) is 19.9 Å². The van der Waals surface area contributed by atoms with E-state index in [4.69, 9.17) is 0 Å². The van der Waals surface area contributed by atoms with Crippen LogP contribution in [0.2, 0.25) is 0 Å². The molecule has 3 aliphatic carbocycles. The van der Waals surface area contributed by atoms with Crippen LogP contribution in [0.25, 0.3) is 0 Å². The van der Waals surface area contributed by atoms with Gasteiger partial charge in [-0.25, -0.2) is 0 Å². The van der Waals surface area contributed by atoms with Crippen LogP contribution in [0.3, 0.4) is 0 Å². The predicted molar refractivity (Wildman–Crippen MR) is 88.1 cm³/mol. The fraction of sp³-hybridized carbons (Fsp3) is 0.824. The van der Waals surface area contributed by atoms with Gasteiger partial charge in [0.05, 0.1) is 15.9 Å². The number of fused-ring (bicyclic) bond motifs is 5. The normalized spacial score (nSPS) is 37.8. The van der Waals surface area contributed by atoms with Crippen LogP contribution >= 0.6 is 15.9 Å². The summed E-state index contributed by atoms with van der Waals surface area (Å²) in [6.07, 6.45) is 6.66. The summed E-state index contributed by atoms with van der Waals surface area (Å²) in [5, 5.41) is 8.28. The molecule has 1 heterocycles. The second kappa shape index (κ2) is 5.09. The molecule has 2 bridgehead atoms. The van der Waals surface area contributed by atoms with Gasteiger partial charge in [-0.2, -0.15) is 5.10 Å². The number of aromatic nitrogens is 2. The van der Waals surface area contributed by atoms with Gasteiger partial charge in [0.15, 0.2) is 0 Å². The summed E-state index contributed by atoms with van der Waals surface area (Å²) in [6.45, 7) is 2.18. The zero-order chi connectivity index (χ0) is 14.7. The second-order valence-electron chi connectivity index (χ2n) is 7.35. The molecule has 0 saturated heterocycles. The Morgan fingerprint density at radius 3 is 2.52 bits per heavy atom. The average Bonchev–Trinajstić information content (AvgIpc) is 2.79. The molecule has 1 aromatic rings. The summed E-state index contributed by atoms with van der Waals surface area (Å²) in [6, 6.07) is 0.625. The van der Waals surface area contributed by atoms with E-state index in [9.17, 15) is 0 Å². The molecule has 3 fully saturated rings. The first-order valence-corrected chi connectivity index (χ1v) is 9.32. The zero-order valence-electron chi connectivity index (χ0n) is 13.3. The van der Waals surface area contributed by atoms with Gasteiger partial charge in [0.1, 0.15) is 0 Å². The lowest BCUT2D eigenvalue weighted by Gasteiger charge is -2.20. The topological polar surface area (TPSA) is 29.9 Å². The monoisotopic (exact) mass is 351 g/mol. The smallest absolute Gasteiger partial charge is 0.0766 e. The zero-order valence-corrected chi connectivity index (χ0v) is 14.9. The van der Waals surface area contributed by atoms with E-state index in [1.54, 1.807) is 0 Å². The molecular weight excluding hydrogens is 326 g/mol. The summed E-state index contributed by atoms with van der Waals surface area (Å²) in [7, 11) is 4.23. The number of aryl methyl sites for hydroxylation is 2. The Kier molecular flexibility index (Phi) is 3.45. The molecule has 5 unspecified atom stereocenters. The summed E-state index contributed by atoms with van der Waals surface area (Å²) >= 11 is 3.78. The third kappa shape index (κ3) is 2.05. The lowest BCUT2D eigenvalue weighted by atomic mass is 9.95. The average molecular weight is 352 g/mol. The van der Waals surface area contributed by atoms with E-state index in [0.717, 1.165) is 42.4 Å². The van der Waals surface area contributed by atoms with E-state index < -0.39 is 0 Å². The van der Waals surface area contributed by atoms with E-state index in [0.29, 0.717) is 6.04 Å². The van der Waals surface area contributed by atoms with Gasteiger partial charge in [-0.3, -0.25) is 4.68 Å².